The van der Waals surface area contributed by atoms with Crippen LogP contribution < -0.4 is 4.74 Å². The lowest BCUT2D eigenvalue weighted by Gasteiger charge is -2.31. The van der Waals surface area contributed by atoms with Crippen LogP contribution in [0, 0.1) is 5.92 Å². The van der Waals surface area contributed by atoms with Crippen LogP contribution in [-0.4, -0.2) is 38.2 Å². The molecule has 0 radical (unpaired) electrons. The largest absolute Gasteiger partial charge is 0.497 e. The van der Waals surface area contributed by atoms with Gasteiger partial charge in [0.2, 0.25) is 0 Å². The Balaban J connectivity index is 1.96. The molecule has 0 N–H and O–H groups in total. The highest BCUT2D eigenvalue weighted by Crippen LogP contribution is 2.21. The van der Waals surface area contributed by atoms with Crippen LogP contribution in [-0.2, 0) is 16.1 Å². The summed E-state index contributed by atoms with van der Waals surface area (Å²) in [7, 11) is 3.14. The molecule has 2 rings (SSSR count). The van der Waals surface area contributed by atoms with Gasteiger partial charge in [-0.05, 0) is 37.1 Å². The van der Waals surface area contributed by atoms with Gasteiger partial charge in [-0.25, -0.2) is 0 Å². The van der Waals surface area contributed by atoms with Gasteiger partial charge in [0, 0.05) is 13.1 Å². The normalized spacial score (nSPS) is 20.0. The number of likely N-dealkylation sites (tertiary alicyclic amines) is 1. The summed E-state index contributed by atoms with van der Waals surface area (Å²) in [5.74, 6) is 0.804. The number of hydrogen-bond donors (Lipinski definition) is 0. The van der Waals surface area contributed by atoms with Crippen molar-refractivity contribution in [2.45, 2.75) is 19.4 Å². The quantitative estimate of drug-likeness (QED) is 0.780. The highest BCUT2D eigenvalue weighted by Gasteiger charge is 2.26. The van der Waals surface area contributed by atoms with E-state index in [1.807, 2.05) is 18.2 Å². The number of hydrogen-bond acceptors (Lipinski definition) is 4. The summed E-state index contributed by atoms with van der Waals surface area (Å²) in [6, 6.07) is 8.07. The van der Waals surface area contributed by atoms with Gasteiger partial charge in [-0.15, -0.1) is 0 Å². The van der Waals surface area contributed by atoms with E-state index in [2.05, 4.69) is 11.0 Å². The van der Waals surface area contributed by atoms with Crippen molar-refractivity contribution in [1.29, 1.82) is 0 Å². The van der Waals surface area contributed by atoms with E-state index >= 15 is 0 Å². The molecule has 1 aromatic carbocycles. The molecule has 1 aromatic rings. The molecule has 1 heterocycles. The summed E-state index contributed by atoms with van der Waals surface area (Å²) in [4.78, 5) is 13.9. The lowest BCUT2D eigenvalue weighted by molar-refractivity contribution is -0.147. The van der Waals surface area contributed by atoms with Crippen molar-refractivity contribution in [3.63, 3.8) is 0 Å². The number of esters is 1. The van der Waals surface area contributed by atoms with Gasteiger partial charge < -0.3 is 9.47 Å². The number of methoxy groups -OCH3 is 2. The van der Waals surface area contributed by atoms with Crippen LogP contribution in [0.1, 0.15) is 18.4 Å². The SMILES string of the molecule is COC(=O)C1CCCN(Cc2cccc(OC)c2)C1. The summed E-state index contributed by atoms with van der Waals surface area (Å²) >= 11 is 0. The predicted molar refractivity (Wildman–Crippen MR) is 73.0 cm³/mol. The number of piperidine rings is 1. The third-order valence-electron chi connectivity index (χ3n) is 3.58. The average Bonchev–Trinajstić information content (AvgIpc) is 2.47. The number of carbonyl (C=O) groups is 1. The van der Waals surface area contributed by atoms with Gasteiger partial charge in [-0.1, -0.05) is 12.1 Å². The van der Waals surface area contributed by atoms with Gasteiger partial charge in [0.25, 0.3) is 0 Å². The Kier molecular flexibility index (Phi) is 4.80. The van der Waals surface area contributed by atoms with Crippen LogP contribution >= 0.6 is 0 Å². The fourth-order valence-corrected chi connectivity index (χ4v) is 2.59. The Hall–Kier alpha value is -1.55. The molecule has 0 bridgehead atoms. The second-order valence-electron chi connectivity index (χ2n) is 4.95. The third kappa shape index (κ3) is 3.70. The molecule has 0 aromatic heterocycles. The summed E-state index contributed by atoms with van der Waals surface area (Å²) in [6.45, 7) is 2.67. The van der Waals surface area contributed by atoms with E-state index in [0.717, 1.165) is 38.2 Å². The van der Waals surface area contributed by atoms with Crippen molar-refractivity contribution < 1.29 is 14.3 Å². The molecule has 0 amide bonds. The Morgan fingerprint density at radius 3 is 3.00 bits per heavy atom. The molecule has 4 nitrogen and oxygen atoms in total. The first-order valence-electron chi connectivity index (χ1n) is 6.66. The van der Waals surface area contributed by atoms with Gasteiger partial charge in [-0.2, -0.15) is 0 Å². The Labute approximate surface area is 114 Å². The maximum absolute atomic E-state index is 11.6. The third-order valence-corrected chi connectivity index (χ3v) is 3.58. The van der Waals surface area contributed by atoms with Crippen molar-refractivity contribution >= 4 is 5.97 Å². The summed E-state index contributed by atoms with van der Waals surface area (Å²) in [5.41, 5.74) is 1.21. The average molecular weight is 263 g/mol. The van der Waals surface area contributed by atoms with E-state index in [4.69, 9.17) is 9.47 Å². The van der Waals surface area contributed by atoms with Crippen molar-refractivity contribution in [3.8, 4) is 5.75 Å². The molecule has 1 aliphatic heterocycles. The van der Waals surface area contributed by atoms with Crippen LogP contribution in [0.25, 0.3) is 0 Å². The first kappa shape index (κ1) is 13.9. The standard InChI is InChI=1S/C15H21NO3/c1-18-14-7-3-5-12(9-14)10-16-8-4-6-13(11-16)15(17)19-2/h3,5,7,9,13H,4,6,8,10-11H2,1-2H3. The molecule has 0 saturated carbocycles. The monoisotopic (exact) mass is 263 g/mol. The molecular formula is C15H21NO3. The molecule has 104 valence electrons. The zero-order chi connectivity index (χ0) is 13.7. The number of benzene rings is 1. The minimum atomic E-state index is -0.0876. The van der Waals surface area contributed by atoms with Crippen molar-refractivity contribution in [1.82, 2.24) is 4.90 Å². The van der Waals surface area contributed by atoms with Crippen LogP contribution in [0.15, 0.2) is 24.3 Å². The zero-order valence-electron chi connectivity index (χ0n) is 11.6. The fourth-order valence-electron chi connectivity index (χ4n) is 2.59. The predicted octanol–water partition coefficient (Wildman–Crippen LogP) is 2.08. The Bertz CT molecular complexity index is 433. The van der Waals surface area contributed by atoms with Gasteiger partial charge in [0.1, 0.15) is 5.75 Å². The summed E-state index contributed by atoms with van der Waals surface area (Å²) < 4.78 is 10.1. The second-order valence-corrected chi connectivity index (χ2v) is 4.95. The number of rotatable bonds is 4. The van der Waals surface area contributed by atoms with Crippen LogP contribution in [0.5, 0.6) is 5.75 Å². The maximum atomic E-state index is 11.6. The van der Waals surface area contributed by atoms with E-state index in [1.165, 1.54) is 12.7 Å². The van der Waals surface area contributed by atoms with Crippen LogP contribution in [0.3, 0.4) is 0 Å². The van der Waals surface area contributed by atoms with Gasteiger partial charge >= 0.3 is 5.97 Å². The van der Waals surface area contributed by atoms with Crippen LogP contribution in [0.2, 0.25) is 0 Å². The molecule has 19 heavy (non-hydrogen) atoms. The van der Waals surface area contributed by atoms with E-state index in [0.29, 0.717) is 0 Å². The maximum Gasteiger partial charge on any atom is 0.309 e. The van der Waals surface area contributed by atoms with Gasteiger partial charge in [0.15, 0.2) is 0 Å². The zero-order valence-corrected chi connectivity index (χ0v) is 11.6. The molecule has 1 saturated heterocycles. The number of carbonyl (C=O) groups excluding carboxylic acids is 1. The smallest absolute Gasteiger partial charge is 0.309 e. The summed E-state index contributed by atoms with van der Waals surface area (Å²) in [5, 5.41) is 0. The lowest BCUT2D eigenvalue weighted by Crippen LogP contribution is -2.38. The molecule has 0 spiro atoms. The lowest BCUT2D eigenvalue weighted by atomic mass is 9.98. The fraction of sp³-hybridized carbons (Fsp3) is 0.533. The highest BCUT2D eigenvalue weighted by atomic mass is 16.5. The highest BCUT2D eigenvalue weighted by molar-refractivity contribution is 5.72. The molecule has 1 unspecified atom stereocenters. The van der Waals surface area contributed by atoms with Crippen molar-refractivity contribution in [3.05, 3.63) is 29.8 Å². The molecule has 4 heteroatoms. The van der Waals surface area contributed by atoms with Crippen LogP contribution in [0.4, 0.5) is 0 Å². The molecule has 0 aliphatic carbocycles. The Morgan fingerprint density at radius 1 is 1.42 bits per heavy atom. The Morgan fingerprint density at radius 2 is 2.26 bits per heavy atom. The number of nitrogens with zero attached hydrogens (tertiary/aromatic N) is 1. The molecule has 1 fully saturated rings. The first-order valence-corrected chi connectivity index (χ1v) is 6.66. The number of ether oxygens (including phenoxy) is 2. The minimum Gasteiger partial charge on any atom is -0.497 e. The van der Waals surface area contributed by atoms with E-state index in [1.54, 1.807) is 7.11 Å². The molecular weight excluding hydrogens is 242 g/mol. The topological polar surface area (TPSA) is 38.8 Å². The second kappa shape index (κ2) is 6.57. The van der Waals surface area contributed by atoms with Gasteiger partial charge in [-0.3, -0.25) is 9.69 Å². The minimum absolute atomic E-state index is 0.0179. The summed E-state index contributed by atoms with van der Waals surface area (Å²) in [6.07, 6.45) is 1.98. The van der Waals surface area contributed by atoms with Crippen molar-refractivity contribution in [2.24, 2.45) is 5.92 Å². The van der Waals surface area contributed by atoms with Crippen molar-refractivity contribution in [2.75, 3.05) is 27.3 Å². The van der Waals surface area contributed by atoms with E-state index < -0.39 is 0 Å². The van der Waals surface area contributed by atoms with E-state index in [-0.39, 0.29) is 11.9 Å². The molecule has 1 atom stereocenters. The molecule has 1 aliphatic rings. The first-order chi connectivity index (χ1) is 9.22. The van der Waals surface area contributed by atoms with Gasteiger partial charge in [0.05, 0.1) is 20.1 Å². The van der Waals surface area contributed by atoms with E-state index in [9.17, 15) is 4.79 Å².